The number of hydrogen-bond acceptors (Lipinski definition) is 4. The molecule has 1 aromatic heterocycles. The van der Waals surface area contributed by atoms with E-state index in [1.54, 1.807) is 25.2 Å². The molecule has 1 aromatic carbocycles. The maximum absolute atomic E-state index is 12.0. The summed E-state index contributed by atoms with van der Waals surface area (Å²) in [6.45, 7) is 0.238. The molecule has 3 rings (SSSR count). The number of aliphatic hydroxyl groups is 1. The number of nitrogens with zero attached hydrogens (tertiary/aromatic N) is 1. The number of benzene rings is 1. The first-order valence-corrected chi connectivity index (χ1v) is 7.84. The van der Waals surface area contributed by atoms with Crippen LogP contribution in [0.15, 0.2) is 27.4 Å². The Morgan fingerprint density at radius 2 is 2.09 bits per heavy atom. The van der Waals surface area contributed by atoms with Crippen molar-refractivity contribution in [3.05, 3.63) is 28.7 Å². The lowest BCUT2D eigenvalue weighted by Gasteiger charge is -2.32. The van der Waals surface area contributed by atoms with Crippen molar-refractivity contribution in [3.8, 4) is 0 Å². The largest absolute Gasteiger partial charge is 0.419 e. The maximum atomic E-state index is 12.0. The molecule has 7 nitrogen and oxygen atoms in total. The third kappa shape index (κ3) is 3.39. The van der Waals surface area contributed by atoms with Crippen molar-refractivity contribution in [1.29, 1.82) is 0 Å². The molecule has 7 heteroatoms. The minimum atomic E-state index is -0.800. The van der Waals surface area contributed by atoms with E-state index in [0.717, 1.165) is 19.3 Å². The summed E-state index contributed by atoms with van der Waals surface area (Å²) in [5, 5.41) is 15.8. The zero-order valence-electron chi connectivity index (χ0n) is 13.1. The Balaban J connectivity index is 1.62. The van der Waals surface area contributed by atoms with E-state index in [1.165, 1.54) is 4.57 Å². The highest BCUT2D eigenvalue weighted by molar-refractivity contribution is 5.91. The van der Waals surface area contributed by atoms with E-state index in [4.69, 9.17) is 4.42 Å². The van der Waals surface area contributed by atoms with Crippen LogP contribution in [-0.2, 0) is 7.05 Å². The fourth-order valence-electron chi connectivity index (χ4n) is 3.02. The number of fused-ring (bicyclic) bond motifs is 1. The molecular weight excluding hydrogens is 298 g/mol. The van der Waals surface area contributed by atoms with Gasteiger partial charge in [0.15, 0.2) is 5.58 Å². The molecule has 1 fully saturated rings. The predicted octanol–water partition coefficient (Wildman–Crippen LogP) is 1.95. The molecule has 1 aliphatic rings. The maximum Gasteiger partial charge on any atom is 0.419 e. The van der Waals surface area contributed by atoms with Crippen molar-refractivity contribution in [2.45, 2.75) is 37.7 Å². The first-order chi connectivity index (χ1) is 11.0. The molecule has 0 bridgehead atoms. The van der Waals surface area contributed by atoms with Crippen molar-refractivity contribution in [1.82, 2.24) is 9.88 Å². The molecule has 0 spiro atoms. The quantitative estimate of drug-likeness (QED) is 0.805. The normalized spacial score (nSPS) is 17.1. The van der Waals surface area contributed by atoms with Crippen LogP contribution in [0, 0.1) is 0 Å². The number of urea groups is 1. The lowest BCUT2D eigenvalue weighted by Crippen LogP contribution is -2.45. The number of aryl methyl sites for hydroxylation is 1. The summed E-state index contributed by atoms with van der Waals surface area (Å²) < 4.78 is 6.49. The van der Waals surface area contributed by atoms with Crippen molar-refractivity contribution in [2.75, 3.05) is 11.9 Å². The van der Waals surface area contributed by atoms with Gasteiger partial charge < -0.3 is 20.2 Å². The first-order valence-electron chi connectivity index (χ1n) is 7.84. The minimum absolute atomic E-state index is 0.238. The summed E-state index contributed by atoms with van der Waals surface area (Å²) in [4.78, 5) is 23.4. The number of amides is 2. The van der Waals surface area contributed by atoms with E-state index in [0.29, 0.717) is 29.6 Å². The van der Waals surface area contributed by atoms with Crippen LogP contribution in [0.4, 0.5) is 10.5 Å². The molecule has 0 saturated heterocycles. The Morgan fingerprint density at radius 3 is 2.83 bits per heavy atom. The predicted molar refractivity (Wildman–Crippen MR) is 86.5 cm³/mol. The molecule has 0 atom stereocenters. The monoisotopic (exact) mass is 319 g/mol. The number of oxazole rings is 1. The summed E-state index contributed by atoms with van der Waals surface area (Å²) in [7, 11) is 1.62. The van der Waals surface area contributed by atoms with Gasteiger partial charge in [0.25, 0.3) is 0 Å². The molecule has 1 saturated carbocycles. The lowest BCUT2D eigenvalue weighted by molar-refractivity contribution is 0.00755. The van der Waals surface area contributed by atoms with Gasteiger partial charge in [-0.15, -0.1) is 0 Å². The van der Waals surface area contributed by atoms with E-state index in [-0.39, 0.29) is 12.6 Å². The van der Waals surface area contributed by atoms with Crippen LogP contribution in [0.1, 0.15) is 32.1 Å². The number of nitrogens with one attached hydrogen (secondary N) is 2. The number of hydrogen-bond donors (Lipinski definition) is 3. The molecule has 0 aliphatic heterocycles. The van der Waals surface area contributed by atoms with Crippen molar-refractivity contribution >= 4 is 22.8 Å². The zero-order valence-corrected chi connectivity index (χ0v) is 13.1. The summed E-state index contributed by atoms with van der Waals surface area (Å²) in [6, 6.07) is 4.63. The Morgan fingerprint density at radius 1 is 1.35 bits per heavy atom. The second-order valence-corrected chi connectivity index (χ2v) is 6.20. The average molecular weight is 319 g/mol. The molecule has 1 heterocycles. The van der Waals surface area contributed by atoms with Gasteiger partial charge >= 0.3 is 11.8 Å². The fourth-order valence-corrected chi connectivity index (χ4v) is 3.02. The van der Waals surface area contributed by atoms with Crippen LogP contribution in [-0.4, -0.2) is 27.9 Å². The molecule has 0 unspecified atom stereocenters. The van der Waals surface area contributed by atoms with Crippen LogP contribution in [0.5, 0.6) is 0 Å². The van der Waals surface area contributed by atoms with Gasteiger partial charge in [0.05, 0.1) is 11.1 Å². The molecular formula is C16H21N3O4. The highest BCUT2D eigenvalue weighted by Crippen LogP contribution is 2.27. The van der Waals surface area contributed by atoms with Gasteiger partial charge in [0, 0.05) is 25.3 Å². The molecule has 1 aliphatic carbocycles. The van der Waals surface area contributed by atoms with E-state index >= 15 is 0 Å². The summed E-state index contributed by atoms with van der Waals surface area (Å²) in [6.07, 6.45) is 4.55. The smallest absolute Gasteiger partial charge is 0.408 e. The highest BCUT2D eigenvalue weighted by atomic mass is 16.4. The van der Waals surface area contributed by atoms with Crippen molar-refractivity contribution < 1.29 is 14.3 Å². The number of carbonyl (C=O) groups excluding carboxylic acids is 1. The van der Waals surface area contributed by atoms with Crippen LogP contribution >= 0.6 is 0 Å². The Labute approximate surface area is 133 Å². The highest BCUT2D eigenvalue weighted by Gasteiger charge is 2.29. The number of carbonyl (C=O) groups is 1. The van der Waals surface area contributed by atoms with Gasteiger partial charge in [0.2, 0.25) is 0 Å². The molecule has 124 valence electrons. The fraction of sp³-hybridized carbons (Fsp3) is 0.500. The van der Waals surface area contributed by atoms with Gasteiger partial charge in [-0.3, -0.25) is 4.57 Å². The second kappa shape index (κ2) is 6.08. The zero-order chi connectivity index (χ0) is 16.4. The Hall–Kier alpha value is -2.28. The van der Waals surface area contributed by atoms with Crippen LogP contribution in [0.3, 0.4) is 0 Å². The summed E-state index contributed by atoms with van der Waals surface area (Å²) >= 11 is 0. The number of anilines is 1. The molecule has 2 aromatic rings. The van der Waals surface area contributed by atoms with Crippen LogP contribution < -0.4 is 16.4 Å². The van der Waals surface area contributed by atoms with Gasteiger partial charge in [-0.1, -0.05) is 19.3 Å². The Kier molecular flexibility index (Phi) is 4.12. The summed E-state index contributed by atoms with van der Waals surface area (Å²) in [5.41, 5.74) is 0.810. The van der Waals surface area contributed by atoms with E-state index in [2.05, 4.69) is 10.6 Å². The van der Waals surface area contributed by atoms with Gasteiger partial charge in [-0.05, 0) is 25.0 Å². The van der Waals surface area contributed by atoms with Gasteiger partial charge in [0.1, 0.15) is 0 Å². The Bertz CT molecular complexity index is 771. The van der Waals surface area contributed by atoms with Crippen LogP contribution in [0.25, 0.3) is 11.1 Å². The third-order valence-corrected chi connectivity index (χ3v) is 4.41. The first kappa shape index (κ1) is 15.6. The van der Waals surface area contributed by atoms with Gasteiger partial charge in [-0.25, -0.2) is 9.59 Å². The van der Waals surface area contributed by atoms with E-state index in [1.807, 2.05) is 0 Å². The topological polar surface area (TPSA) is 96.5 Å². The molecule has 3 N–H and O–H groups in total. The van der Waals surface area contributed by atoms with E-state index in [9.17, 15) is 14.7 Å². The van der Waals surface area contributed by atoms with E-state index < -0.39 is 11.4 Å². The number of rotatable bonds is 3. The molecule has 23 heavy (non-hydrogen) atoms. The van der Waals surface area contributed by atoms with Crippen LogP contribution in [0.2, 0.25) is 0 Å². The summed E-state index contributed by atoms with van der Waals surface area (Å²) in [5.74, 6) is -0.443. The molecule has 0 radical (unpaired) electrons. The van der Waals surface area contributed by atoms with Gasteiger partial charge in [-0.2, -0.15) is 0 Å². The average Bonchev–Trinajstić information content (AvgIpc) is 2.81. The second-order valence-electron chi connectivity index (χ2n) is 6.20. The third-order valence-electron chi connectivity index (χ3n) is 4.41. The number of aromatic nitrogens is 1. The molecule has 2 amide bonds. The van der Waals surface area contributed by atoms with Crippen molar-refractivity contribution in [3.63, 3.8) is 0 Å². The van der Waals surface area contributed by atoms with Crippen molar-refractivity contribution in [2.24, 2.45) is 7.05 Å². The standard InChI is InChI=1S/C16H21N3O4/c1-19-12-6-5-11(9-13(12)23-15(19)21)18-14(20)17-10-16(22)7-3-2-4-8-16/h5-6,9,22H,2-4,7-8,10H2,1H3,(H2,17,18,20). The SMILES string of the molecule is Cn1c(=O)oc2cc(NC(=O)NCC3(O)CCCCC3)ccc21. The lowest BCUT2D eigenvalue weighted by atomic mass is 9.85. The minimum Gasteiger partial charge on any atom is -0.408 e.